The lowest BCUT2D eigenvalue weighted by Crippen LogP contribution is -2.36. The third kappa shape index (κ3) is 4.73. The Morgan fingerprint density at radius 3 is 2.95 bits per heavy atom. The van der Waals surface area contributed by atoms with E-state index in [1.165, 1.54) is 24.9 Å². The minimum Gasteiger partial charge on any atom is -0.494 e. The maximum atomic E-state index is 13.8. The molecule has 0 aliphatic heterocycles. The van der Waals surface area contributed by atoms with Crippen LogP contribution in [0.4, 0.5) is 4.39 Å². The fraction of sp³-hybridized carbons (Fsp3) is 0.385. The number of carboxylic acids is 1. The molecule has 1 aromatic carbocycles. The van der Waals surface area contributed by atoms with E-state index >= 15 is 0 Å². The van der Waals surface area contributed by atoms with Crippen molar-refractivity contribution in [1.29, 1.82) is 0 Å². The van der Waals surface area contributed by atoms with Crippen LogP contribution in [0.3, 0.4) is 0 Å². The van der Waals surface area contributed by atoms with Gasteiger partial charge in [0.05, 0.1) is 7.11 Å². The summed E-state index contributed by atoms with van der Waals surface area (Å²) in [4.78, 5) is 21.0. The summed E-state index contributed by atoms with van der Waals surface area (Å²) in [5.41, 5.74) is 0.504. The number of hydrogen-bond donors (Lipinski definition) is 2. The van der Waals surface area contributed by atoms with Gasteiger partial charge in [0.2, 0.25) is 6.41 Å². The van der Waals surface area contributed by atoms with Gasteiger partial charge in [0.25, 0.3) is 0 Å². The Morgan fingerprint density at radius 2 is 2.35 bits per heavy atom. The summed E-state index contributed by atoms with van der Waals surface area (Å²) < 4.78 is 18.7. The lowest BCUT2D eigenvalue weighted by Gasteiger charge is -2.11. The largest absolute Gasteiger partial charge is 0.494 e. The third-order valence-electron chi connectivity index (χ3n) is 2.64. The number of thioether (sulfide) groups is 1. The molecule has 20 heavy (non-hydrogen) atoms. The van der Waals surface area contributed by atoms with Crippen LogP contribution >= 0.6 is 11.8 Å². The van der Waals surface area contributed by atoms with Crippen molar-refractivity contribution in [2.45, 2.75) is 18.2 Å². The maximum Gasteiger partial charge on any atom is 0.326 e. The number of rotatable bonds is 9. The van der Waals surface area contributed by atoms with Crippen LogP contribution in [-0.4, -0.2) is 36.4 Å². The second kappa shape index (κ2) is 8.42. The molecular formula is C13H16FNO4S. The second-order valence-corrected chi connectivity index (χ2v) is 5.06. The molecular weight excluding hydrogens is 285 g/mol. The Labute approximate surface area is 120 Å². The number of hydrogen-bond acceptors (Lipinski definition) is 4. The first kappa shape index (κ1) is 16.3. The summed E-state index contributed by atoms with van der Waals surface area (Å²) in [6, 6.07) is 3.99. The average Bonchev–Trinajstić information content (AvgIpc) is 2.43. The molecule has 1 aromatic rings. The molecule has 5 nitrogen and oxygen atoms in total. The Bertz CT molecular complexity index is 470. The smallest absolute Gasteiger partial charge is 0.326 e. The maximum absolute atomic E-state index is 13.8. The van der Waals surface area contributed by atoms with Crippen molar-refractivity contribution in [1.82, 2.24) is 5.32 Å². The summed E-state index contributed by atoms with van der Waals surface area (Å²) in [5, 5.41) is 11.0. The van der Waals surface area contributed by atoms with Crippen molar-refractivity contribution in [3.63, 3.8) is 0 Å². The van der Waals surface area contributed by atoms with Gasteiger partial charge >= 0.3 is 5.97 Å². The predicted octanol–water partition coefficient (Wildman–Crippen LogP) is 1.66. The Morgan fingerprint density at radius 1 is 1.60 bits per heavy atom. The minimum absolute atomic E-state index is 0.189. The van der Waals surface area contributed by atoms with E-state index in [0.29, 0.717) is 23.5 Å². The molecule has 1 rings (SSSR count). The first-order chi connectivity index (χ1) is 9.60. The molecule has 110 valence electrons. The quantitative estimate of drug-likeness (QED) is 0.536. The predicted molar refractivity (Wildman–Crippen MR) is 74.4 cm³/mol. The Kier molecular flexibility index (Phi) is 6.86. The van der Waals surface area contributed by atoms with E-state index in [1.54, 1.807) is 12.1 Å². The summed E-state index contributed by atoms with van der Waals surface area (Å²) in [7, 11) is 1.40. The van der Waals surface area contributed by atoms with Gasteiger partial charge in [0.15, 0.2) is 11.6 Å². The minimum atomic E-state index is -1.08. The second-order valence-electron chi connectivity index (χ2n) is 3.95. The van der Waals surface area contributed by atoms with Crippen LogP contribution in [-0.2, 0) is 15.3 Å². The zero-order chi connectivity index (χ0) is 15.0. The summed E-state index contributed by atoms with van der Waals surface area (Å²) >= 11 is 1.40. The lowest BCUT2D eigenvalue weighted by molar-refractivity contribution is -0.140. The van der Waals surface area contributed by atoms with E-state index in [1.807, 2.05) is 0 Å². The molecule has 0 aliphatic rings. The molecule has 0 saturated carbocycles. The van der Waals surface area contributed by atoms with Gasteiger partial charge in [-0.05, 0) is 18.2 Å². The zero-order valence-electron chi connectivity index (χ0n) is 11.0. The van der Waals surface area contributed by atoms with E-state index < -0.39 is 17.8 Å². The molecule has 0 aromatic heterocycles. The van der Waals surface area contributed by atoms with Gasteiger partial charge in [-0.3, -0.25) is 4.79 Å². The molecule has 0 bridgehead atoms. The molecule has 2 N–H and O–H groups in total. The molecule has 0 spiro atoms. The molecule has 0 radical (unpaired) electrons. The van der Waals surface area contributed by atoms with Crippen molar-refractivity contribution in [2.75, 3.05) is 12.9 Å². The van der Waals surface area contributed by atoms with E-state index in [0.717, 1.165) is 0 Å². The molecule has 1 unspecified atom stereocenters. The molecule has 1 amide bonds. The highest BCUT2D eigenvalue weighted by Gasteiger charge is 2.15. The molecule has 0 saturated heterocycles. The van der Waals surface area contributed by atoms with Crippen molar-refractivity contribution in [3.8, 4) is 5.75 Å². The number of carbonyl (C=O) groups excluding carboxylic acids is 1. The van der Waals surface area contributed by atoms with Crippen LogP contribution < -0.4 is 10.1 Å². The van der Waals surface area contributed by atoms with Crippen molar-refractivity contribution in [2.24, 2.45) is 0 Å². The molecule has 1 atom stereocenters. The third-order valence-corrected chi connectivity index (χ3v) is 3.68. The number of ether oxygens (including phenoxy) is 1. The van der Waals surface area contributed by atoms with Crippen LogP contribution in [0.25, 0.3) is 0 Å². The van der Waals surface area contributed by atoms with Crippen molar-refractivity contribution >= 4 is 24.1 Å². The van der Waals surface area contributed by atoms with Gasteiger partial charge in [-0.15, -0.1) is 0 Å². The Hall–Kier alpha value is -1.76. The van der Waals surface area contributed by atoms with E-state index in [2.05, 4.69) is 5.32 Å². The number of carboxylic acid groups (broad SMARTS) is 1. The van der Waals surface area contributed by atoms with Gasteiger partial charge in [-0.25, -0.2) is 9.18 Å². The fourth-order valence-electron chi connectivity index (χ4n) is 1.57. The summed E-state index contributed by atoms with van der Waals surface area (Å²) in [5.74, 6) is -0.382. The van der Waals surface area contributed by atoms with Gasteiger partial charge in [-0.2, -0.15) is 11.8 Å². The van der Waals surface area contributed by atoms with Gasteiger partial charge < -0.3 is 15.2 Å². The number of aliphatic carboxylic acids is 1. The van der Waals surface area contributed by atoms with Gasteiger partial charge in [0.1, 0.15) is 6.04 Å². The number of methoxy groups -OCH3 is 1. The standard InChI is InChI=1S/C13H16FNO4S/c1-19-11-4-2-3-9(12(11)14)7-20-6-5-10(13(17)18)15-8-16/h2-4,8,10H,5-7H2,1H3,(H,15,16)(H,17,18). The monoisotopic (exact) mass is 301 g/mol. The zero-order valence-corrected chi connectivity index (χ0v) is 11.8. The molecule has 7 heteroatoms. The first-order valence-corrected chi connectivity index (χ1v) is 7.07. The van der Waals surface area contributed by atoms with Crippen LogP contribution in [0.5, 0.6) is 5.75 Å². The van der Waals surface area contributed by atoms with E-state index in [9.17, 15) is 14.0 Å². The molecule has 0 heterocycles. The fourth-order valence-corrected chi connectivity index (χ4v) is 2.56. The lowest BCUT2D eigenvalue weighted by atomic mass is 10.2. The van der Waals surface area contributed by atoms with Gasteiger partial charge in [0, 0.05) is 11.3 Å². The van der Waals surface area contributed by atoms with Crippen LogP contribution in [0.1, 0.15) is 12.0 Å². The highest BCUT2D eigenvalue weighted by molar-refractivity contribution is 7.98. The molecule has 0 aliphatic carbocycles. The topological polar surface area (TPSA) is 75.6 Å². The number of nitrogens with one attached hydrogen (secondary N) is 1. The highest BCUT2D eigenvalue weighted by Crippen LogP contribution is 2.23. The Balaban J connectivity index is 2.44. The number of amides is 1. The first-order valence-electron chi connectivity index (χ1n) is 5.91. The van der Waals surface area contributed by atoms with Crippen LogP contribution in [0, 0.1) is 5.82 Å². The van der Waals surface area contributed by atoms with E-state index in [4.69, 9.17) is 9.84 Å². The van der Waals surface area contributed by atoms with Crippen molar-refractivity contribution < 1.29 is 23.8 Å². The van der Waals surface area contributed by atoms with Crippen LogP contribution in [0.2, 0.25) is 0 Å². The average molecular weight is 301 g/mol. The molecule has 0 fully saturated rings. The number of halogens is 1. The highest BCUT2D eigenvalue weighted by atomic mass is 32.2. The number of carbonyl (C=O) groups is 2. The number of benzene rings is 1. The normalized spacial score (nSPS) is 11.7. The summed E-state index contributed by atoms with van der Waals surface area (Å²) in [6.07, 6.45) is 0.648. The van der Waals surface area contributed by atoms with Crippen molar-refractivity contribution in [3.05, 3.63) is 29.6 Å². The SMILES string of the molecule is COc1cccc(CSCCC(NC=O)C(=O)O)c1F. The van der Waals surface area contributed by atoms with Crippen LogP contribution in [0.15, 0.2) is 18.2 Å². The summed E-state index contributed by atoms with van der Waals surface area (Å²) in [6.45, 7) is 0. The van der Waals surface area contributed by atoms with Gasteiger partial charge in [-0.1, -0.05) is 12.1 Å². The van der Waals surface area contributed by atoms with E-state index in [-0.39, 0.29) is 12.2 Å².